The van der Waals surface area contributed by atoms with Gasteiger partial charge in [0.15, 0.2) is 0 Å². The first-order chi connectivity index (χ1) is 12.3. The van der Waals surface area contributed by atoms with Crippen molar-refractivity contribution in [2.24, 2.45) is 0 Å². The lowest BCUT2D eigenvalue weighted by atomic mass is 10.1. The Balaban J connectivity index is 1.53. The number of benzene rings is 1. The van der Waals surface area contributed by atoms with Gasteiger partial charge in [0.05, 0.1) is 6.33 Å². The molecule has 4 rings (SSSR count). The first-order valence-electron chi connectivity index (χ1n) is 8.48. The first kappa shape index (κ1) is 15.7. The Hall–Kier alpha value is -2.86. The number of nitrogens with one attached hydrogen (secondary N) is 1. The summed E-state index contributed by atoms with van der Waals surface area (Å²) < 4.78 is 9.47. The molecular weight excluding hydrogens is 316 g/mol. The van der Waals surface area contributed by atoms with Crippen LogP contribution in [0.15, 0.2) is 66.1 Å². The number of hydrogen-bond donors (Lipinski definition) is 1. The summed E-state index contributed by atoms with van der Waals surface area (Å²) in [6.07, 6.45) is 9.26. The molecule has 1 aliphatic rings. The van der Waals surface area contributed by atoms with E-state index in [-0.39, 0.29) is 11.7 Å². The molecule has 1 aromatic carbocycles. The minimum Gasteiger partial charge on any atom is -0.490 e. The van der Waals surface area contributed by atoms with Crippen molar-refractivity contribution >= 4 is 0 Å². The minimum absolute atomic E-state index is 0.0955. The molecule has 1 saturated heterocycles. The SMILES string of the molecule is O=c1cc(OC2CCNCC2)ccn1-c1ccc(-n2ccnc2)cc1. The van der Waals surface area contributed by atoms with Gasteiger partial charge in [-0.2, -0.15) is 0 Å². The largest absolute Gasteiger partial charge is 0.490 e. The number of pyridine rings is 1. The second-order valence-corrected chi connectivity index (χ2v) is 6.12. The number of hydrogen-bond acceptors (Lipinski definition) is 4. The van der Waals surface area contributed by atoms with Crippen LogP contribution in [0, 0.1) is 0 Å². The topological polar surface area (TPSA) is 61.1 Å². The highest BCUT2D eigenvalue weighted by atomic mass is 16.5. The third-order valence-corrected chi connectivity index (χ3v) is 4.41. The van der Waals surface area contributed by atoms with Crippen LogP contribution in [0.4, 0.5) is 0 Å². The van der Waals surface area contributed by atoms with Gasteiger partial charge >= 0.3 is 0 Å². The Morgan fingerprint density at radius 2 is 1.80 bits per heavy atom. The zero-order chi connectivity index (χ0) is 17.1. The molecule has 0 bridgehead atoms. The second-order valence-electron chi connectivity index (χ2n) is 6.12. The van der Waals surface area contributed by atoms with Crippen LogP contribution in [0.2, 0.25) is 0 Å². The summed E-state index contributed by atoms with van der Waals surface area (Å²) in [6.45, 7) is 1.93. The molecule has 1 fully saturated rings. The van der Waals surface area contributed by atoms with Gasteiger partial charge in [-0.15, -0.1) is 0 Å². The Morgan fingerprint density at radius 3 is 2.48 bits per heavy atom. The van der Waals surface area contributed by atoms with Crippen LogP contribution >= 0.6 is 0 Å². The number of rotatable bonds is 4. The average Bonchev–Trinajstić information content (AvgIpc) is 3.18. The fourth-order valence-electron chi connectivity index (χ4n) is 3.05. The molecular formula is C19H20N4O2. The molecule has 0 aliphatic carbocycles. The Morgan fingerprint density at radius 1 is 1.04 bits per heavy atom. The van der Waals surface area contributed by atoms with E-state index in [9.17, 15) is 4.79 Å². The van der Waals surface area contributed by atoms with Gasteiger partial charge in [0.2, 0.25) is 0 Å². The summed E-state index contributed by atoms with van der Waals surface area (Å²) in [5.74, 6) is 0.642. The number of imidazole rings is 1. The molecule has 0 spiro atoms. The maximum absolute atomic E-state index is 12.5. The average molecular weight is 336 g/mol. The van der Waals surface area contributed by atoms with Crippen LogP contribution in [-0.4, -0.2) is 33.3 Å². The Labute approximate surface area is 145 Å². The van der Waals surface area contributed by atoms with Crippen LogP contribution in [0.3, 0.4) is 0 Å². The Bertz CT molecular complexity index is 879. The molecule has 1 N–H and O–H groups in total. The number of piperidine rings is 1. The van der Waals surface area contributed by atoms with E-state index in [0.29, 0.717) is 5.75 Å². The van der Waals surface area contributed by atoms with Gasteiger partial charge < -0.3 is 14.6 Å². The first-order valence-corrected chi connectivity index (χ1v) is 8.48. The van der Waals surface area contributed by atoms with E-state index in [4.69, 9.17) is 4.74 Å². The van der Waals surface area contributed by atoms with Crippen LogP contribution in [0.5, 0.6) is 5.75 Å². The molecule has 6 nitrogen and oxygen atoms in total. The lowest BCUT2D eigenvalue weighted by Crippen LogP contribution is -2.34. The van der Waals surface area contributed by atoms with E-state index < -0.39 is 0 Å². The zero-order valence-corrected chi connectivity index (χ0v) is 13.8. The minimum atomic E-state index is -0.0955. The summed E-state index contributed by atoms with van der Waals surface area (Å²) >= 11 is 0. The van der Waals surface area contributed by atoms with Gasteiger partial charge in [0.1, 0.15) is 11.9 Å². The van der Waals surface area contributed by atoms with Crippen molar-refractivity contribution < 1.29 is 4.74 Å². The summed E-state index contributed by atoms with van der Waals surface area (Å²) in [5, 5.41) is 3.31. The fourth-order valence-corrected chi connectivity index (χ4v) is 3.05. The monoisotopic (exact) mass is 336 g/mol. The molecule has 0 saturated carbocycles. The summed E-state index contributed by atoms with van der Waals surface area (Å²) in [5.41, 5.74) is 1.73. The predicted octanol–water partition coefficient (Wildman–Crippen LogP) is 2.15. The van der Waals surface area contributed by atoms with Crippen LogP contribution in [-0.2, 0) is 0 Å². The normalized spacial score (nSPS) is 15.2. The molecule has 128 valence electrons. The molecule has 3 heterocycles. The van der Waals surface area contributed by atoms with E-state index in [1.807, 2.05) is 41.1 Å². The zero-order valence-electron chi connectivity index (χ0n) is 13.8. The van der Waals surface area contributed by atoms with Gasteiger partial charge in [0, 0.05) is 36.0 Å². The highest BCUT2D eigenvalue weighted by Gasteiger charge is 2.14. The van der Waals surface area contributed by atoms with Gasteiger partial charge in [0.25, 0.3) is 5.56 Å². The van der Waals surface area contributed by atoms with Gasteiger partial charge in [-0.3, -0.25) is 9.36 Å². The maximum Gasteiger partial charge on any atom is 0.258 e. The van der Waals surface area contributed by atoms with Crippen LogP contribution in [0.25, 0.3) is 11.4 Å². The molecule has 2 aromatic heterocycles. The van der Waals surface area contributed by atoms with Gasteiger partial charge in [-0.05, 0) is 56.3 Å². The van der Waals surface area contributed by atoms with Gasteiger partial charge in [-0.25, -0.2) is 4.98 Å². The van der Waals surface area contributed by atoms with E-state index in [0.717, 1.165) is 37.3 Å². The molecule has 3 aromatic rings. The molecule has 0 unspecified atom stereocenters. The fraction of sp³-hybridized carbons (Fsp3) is 0.263. The van der Waals surface area contributed by atoms with Crippen molar-refractivity contribution in [2.45, 2.75) is 18.9 Å². The van der Waals surface area contributed by atoms with Gasteiger partial charge in [-0.1, -0.05) is 0 Å². The Kier molecular flexibility index (Phi) is 4.35. The van der Waals surface area contributed by atoms with Crippen molar-refractivity contribution in [3.8, 4) is 17.1 Å². The molecule has 0 amide bonds. The lowest BCUT2D eigenvalue weighted by molar-refractivity contribution is 0.162. The maximum atomic E-state index is 12.5. The van der Waals surface area contributed by atoms with Crippen molar-refractivity contribution in [1.82, 2.24) is 19.4 Å². The summed E-state index contributed by atoms with van der Waals surface area (Å²) in [6, 6.07) is 11.2. The van der Waals surface area contributed by atoms with Crippen molar-refractivity contribution in [3.63, 3.8) is 0 Å². The molecule has 0 atom stereocenters. The quantitative estimate of drug-likeness (QED) is 0.793. The molecule has 25 heavy (non-hydrogen) atoms. The third kappa shape index (κ3) is 3.49. The third-order valence-electron chi connectivity index (χ3n) is 4.41. The van der Waals surface area contributed by atoms with Crippen LogP contribution < -0.4 is 15.6 Å². The highest BCUT2D eigenvalue weighted by Crippen LogP contribution is 2.16. The van der Waals surface area contributed by atoms with E-state index in [2.05, 4.69) is 10.3 Å². The lowest BCUT2D eigenvalue weighted by Gasteiger charge is -2.23. The smallest absolute Gasteiger partial charge is 0.258 e. The van der Waals surface area contributed by atoms with E-state index in [1.165, 1.54) is 0 Å². The van der Waals surface area contributed by atoms with E-state index in [1.54, 1.807) is 29.4 Å². The summed E-state index contributed by atoms with van der Waals surface area (Å²) in [7, 11) is 0. The highest BCUT2D eigenvalue weighted by molar-refractivity contribution is 5.42. The van der Waals surface area contributed by atoms with Crippen molar-refractivity contribution in [2.75, 3.05) is 13.1 Å². The van der Waals surface area contributed by atoms with Crippen LogP contribution in [0.1, 0.15) is 12.8 Å². The molecule has 0 radical (unpaired) electrons. The standard InChI is InChI=1S/C19H20N4O2/c24-19-13-18(25-17-5-8-20-9-6-17)7-11-23(19)16-3-1-15(2-4-16)22-12-10-21-14-22/h1-4,7,10-14,17,20H,5-6,8-9H2. The van der Waals surface area contributed by atoms with Crippen molar-refractivity contribution in [1.29, 1.82) is 0 Å². The number of aromatic nitrogens is 3. The number of nitrogens with zero attached hydrogens (tertiary/aromatic N) is 3. The number of ether oxygens (including phenoxy) is 1. The van der Waals surface area contributed by atoms with Crippen molar-refractivity contribution in [3.05, 3.63) is 71.7 Å². The summed E-state index contributed by atoms with van der Waals surface area (Å²) in [4.78, 5) is 16.5. The second kappa shape index (κ2) is 6.94. The predicted molar refractivity (Wildman–Crippen MR) is 95.7 cm³/mol. The molecule has 1 aliphatic heterocycles. The van der Waals surface area contributed by atoms with E-state index >= 15 is 0 Å². The molecule has 6 heteroatoms.